The highest BCUT2D eigenvalue weighted by molar-refractivity contribution is 5.82. The van der Waals surface area contributed by atoms with Crippen LogP contribution in [0.25, 0.3) is 10.8 Å². The van der Waals surface area contributed by atoms with Crippen LogP contribution in [-0.2, 0) is 11.3 Å². The van der Waals surface area contributed by atoms with Crippen LogP contribution in [0, 0.1) is 6.92 Å². The molecular formula is C15H18N2O2. The first kappa shape index (κ1) is 12.4. The first-order valence-corrected chi connectivity index (χ1v) is 6.65. The fourth-order valence-electron chi connectivity index (χ4n) is 2.56. The molecule has 4 heteroatoms. The van der Waals surface area contributed by atoms with Gasteiger partial charge in [-0.2, -0.15) is 0 Å². The fraction of sp³-hybridized carbons (Fsp3) is 0.400. The summed E-state index contributed by atoms with van der Waals surface area (Å²) >= 11 is 0. The molecule has 1 fully saturated rings. The van der Waals surface area contributed by atoms with Crippen LogP contribution in [0.5, 0.6) is 0 Å². The van der Waals surface area contributed by atoms with Crippen molar-refractivity contribution in [3.8, 4) is 0 Å². The number of nitrogens with zero attached hydrogens (tertiary/aromatic N) is 1. The molecule has 4 nitrogen and oxygen atoms in total. The molecule has 0 spiro atoms. The molecule has 1 aromatic carbocycles. The van der Waals surface area contributed by atoms with Crippen molar-refractivity contribution in [1.29, 1.82) is 0 Å². The molecule has 0 amide bonds. The number of H-pyrrole nitrogens is 1. The number of hydrogen-bond acceptors (Lipinski definition) is 3. The highest BCUT2D eigenvalue weighted by atomic mass is 16.5. The summed E-state index contributed by atoms with van der Waals surface area (Å²) in [4.78, 5) is 17.2. The molecule has 1 N–H and O–H groups in total. The summed E-state index contributed by atoms with van der Waals surface area (Å²) < 4.78 is 5.34. The minimum atomic E-state index is -0.00109. The number of benzene rings is 1. The Hall–Kier alpha value is -1.65. The highest BCUT2D eigenvalue weighted by Crippen LogP contribution is 2.15. The van der Waals surface area contributed by atoms with E-state index in [-0.39, 0.29) is 5.56 Å². The lowest BCUT2D eigenvalue weighted by molar-refractivity contribution is 0.0342. The maximum atomic E-state index is 12.0. The van der Waals surface area contributed by atoms with Crippen LogP contribution in [0.1, 0.15) is 11.3 Å². The van der Waals surface area contributed by atoms with Gasteiger partial charge in [-0.05, 0) is 30.0 Å². The third kappa shape index (κ3) is 2.69. The van der Waals surface area contributed by atoms with E-state index in [0.29, 0.717) is 0 Å². The van der Waals surface area contributed by atoms with Gasteiger partial charge in [-0.1, -0.05) is 12.1 Å². The Labute approximate surface area is 112 Å². The van der Waals surface area contributed by atoms with E-state index < -0.39 is 0 Å². The second kappa shape index (κ2) is 5.15. The summed E-state index contributed by atoms with van der Waals surface area (Å²) in [7, 11) is 0. The van der Waals surface area contributed by atoms with Crippen molar-refractivity contribution in [3.63, 3.8) is 0 Å². The molecule has 0 radical (unpaired) electrons. The third-order valence-electron chi connectivity index (χ3n) is 3.55. The number of nitrogens with one attached hydrogen (secondary N) is 1. The Morgan fingerprint density at radius 2 is 2.05 bits per heavy atom. The van der Waals surface area contributed by atoms with Crippen molar-refractivity contribution < 1.29 is 4.74 Å². The van der Waals surface area contributed by atoms with Gasteiger partial charge in [0, 0.05) is 30.7 Å². The maximum absolute atomic E-state index is 12.0. The van der Waals surface area contributed by atoms with Gasteiger partial charge >= 0.3 is 0 Å². The lowest BCUT2D eigenvalue weighted by atomic mass is 10.1. The predicted octanol–water partition coefficient (Wildman–Crippen LogP) is 1.67. The summed E-state index contributed by atoms with van der Waals surface area (Å²) in [5.41, 5.74) is 2.08. The van der Waals surface area contributed by atoms with Crippen LogP contribution in [0.4, 0.5) is 0 Å². The lowest BCUT2D eigenvalue weighted by Gasteiger charge is -2.26. The number of aromatic nitrogens is 1. The molecule has 100 valence electrons. The zero-order valence-electron chi connectivity index (χ0n) is 11.1. The monoisotopic (exact) mass is 258 g/mol. The lowest BCUT2D eigenvalue weighted by Crippen LogP contribution is -2.35. The van der Waals surface area contributed by atoms with Gasteiger partial charge < -0.3 is 9.72 Å². The maximum Gasteiger partial charge on any atom is 0.256 e. The van der Waals surface area contributed by atoms with E-state index in [1.807, 2.05) is 25.1 Å². The molecule has 2 aromatic rings. The van der Waals surface area contributed by atoms with Crippen LogP contribution >= 0.6 is 0 Å². The Balaban J connectivity index is 1.90. The minimum Gasteiger partial charge on any atom is -0.379 e. The number of fused-ring (bicyclic) bond motifs is 1. The van der Waals surface area contributed by atoms with E-state index >= 15 is 0 Å². The van der Waals surface area contributed by atoms with Crippen LogP contribution in [0.15, 0.2) is 29.1 Å². The number of aromatic amines is 1. The summed E-state index contributed by atoms with van der Waals surface area (Å²) in [6.07, 6.45) is 0. The molecule has 19 heavy (non-hydrogen) atoms. The smallest absolute Gasteiger partial charge is 0.256 e. The van der Waals surface area contributed by atoms with E-state index in [1.165, 1.54) is 5.56 Å². The first-order chi connectivity index (χ1) is 9.22. The standard InChI is InChI=1S/C15H18N2O2/c1-11-8-13-3-2-12(9-14(13)15(18)16-11)10-17-4-6-19-7-5-17/h2-3,8-9H,4-7,10H2,1H3,(H,16,18). The quantitative estimate of drug-likeness (QED) is 0.891. The Morgan fingerprint density at radius 3 is 2.84 bits per heavy atom. The molecule has 1 aromatic heterocycles. The Morgan fingerprint density at radius 1 is 1.26 bits per heavy atom. The van der Waals surface area contributed by atoms with Gasteiger partial charge in [-0.3, -0.25) is 9.69 Å². The van der Waals surface area contributed by atoms with Gasteiger partial charge in [0.25, 0.3) is 5.56 Å². The molecule has 1 aliphatic heterocycles. The number of hydrogen-bond donors (Lipinski definition) is 1. The van der Waals surface area contributed by atoms with Gasteiger partial charge in [-0.25, -0.2) is 0 Å². The average Bonchev–Trinajstić information content (AvgIpc) is 2.40. The van der Waals surface area contributed by atoms with Crippen molar-refractivity contribution >= 4 is 10.8 Å². The van der Waals surface area contributed by atoms with Crippen molar-refractivity contribution in [2.75, 3.05) is 26.3 Å². The first-order valence-electron chi connectivity index (χ1n) is 6.65. The number of pyridine rings is 1. The van der Waals surface area contributed by atoms with E-state index in [1.54, 1.807) is 0 Å². The van der Waals surface area contributed by atoms with E-state index in [2.05, 4.69) is 16.0 Å². The van der Waals surface area contributed by atoms with Crippen LogP contribution in [-0.4, -0.2) is 36.2 Å². The van der Waals surface area contributed by atoms with Crippen molar-refractivity contribution in [3.05, 3.63) is 45.9 Å². The van der Waals surface area contributed by atoms with Crippen LogP contribution in [0.3, 0.4) is 0 Å². The number of ether oxygens (including phenoxy) is 1. The predicted molar refractivity (Wildman–Crippen MR) is 75.4 cm³/mol. The van der Waals surface area contributed by atoms with Crippen LogP contribution < -0.4 is 5.56 Å². The summed E-state index contributed by atoms with van der Waals surface area (Å²) in [5, 5.41) is 1.78. The second-order valence-corrected chi connectivity index (χ2v) is 5.09. The normalized spacial score (nSPS) is 16.9. The summed E-state index contributed by atoms with van der Waals surface area (Å²) in [6.45, 7) is 6.31. The molecule has 1 saturated heterocycles. The van der Waals surface area contributed by atoms with Crippen molar-refractivity contribution in [2.45, 2.75) is 13.5 Å². The van der Waals surface area contributed by atoms with Gasteiger partial charge in [0.15, 0.2) is 0 Å². The van der Waals surface area contributed by atoms with E-state index in [0.717, 1.165) is 49.3 Å². The van der Waals surface area contributed by atoms with Crippen molar-refractivity contribution in [1.82, 2.24) is 9.88 Å². The van der Waals surface area contributed by atoms with Gasteiger partial charge in [0.1, 0.15) is 0 Å². The van der Waals surface area contributed by atoms with Gasteiger partial charge in [-0.15, -0.1) is 0 Å². The average molecular weight is 258 g/mol. The van der Waals surface area contributed by atoms with E-state index in [4.69, 9.17) is 4.74 Å². The Bertz CT molecular complexity index is 642. The molecule has 2 heterocycles. The highest BCUT2D eigenvalue weighted by Gasteiger charge is 2.11. The minimum absolute atomic E-state index is 0.00109. The van der Waals surface area contributed by atoms with E-state index in [9.17, 15) is 4.79 Å². The fourth-order valence-corrected chi connectivity index (χ4v) is 2.56. The SMILES string of the molecule is Cc1cc2ccc(CN3CCOCC3)cc2c(=O)[nH]1. The summed E-state index contributed by atoms with van der Waals surface area (Å²) in [5.74, 6) is 0. The number of aryl methyl sites for hydroxylation is 1. The van der Waals surface area contributed by atoms with Gasteiger partial charge in [0.05, 0.1) is 13.2 Å². The molecule has 0 atom stereocenters. The number of morpholine rings is 1. The zero-order chi connectivity index (χ0) is 13.2. The zero-order valence-corrected chi connectivity index (χ0v) is 11.1. The topological polar surface area (TPSA) is 45.3 Å². The molecule has 0 bridgehead atoms. The number of rotatable bonds is 2. The molecular weight excluding hydrogens is 240 g/mol. The molecule has 0 saturated carbocycles. The largest absolute Gasteiger partial charge is 0.379 e. The van der Waals surface area contributed by atoms with Crippen molar-refractivity contribution in [2.24, 2.45) is 0 Å². The molecule has 0 aliphatic carbocycles. The van der Waals surface area contributed by atoms with Gasteiger partial charge in [0.2, 0.25) is 0 Å². The summed E-state index contributed by atoms with van der Waals surface area (Å²) in [6, 6.07) is 8.16. The van der Waals surface area contributed by atoms with Crippen LogP contribution in [0.2, 0.25) is 0 Å². The Kier molecular flexibility index (Phi) is 3.36. The molecule has 3 rings (SSSR count). The third-order valence-corrected chi connectivity index (χ3v) is 3.55. The molecule has 0 unspecified atom stereocenters. The second-order valence-electron chi connectivity index (χ2n) is 5.09. The molecule has 1 aliphatic rings.